The van der Waals surface area contributed by atoms with Crippen LogP contribution in [0.2, 0.25) is 0 Å². The molecule has 0 fully saturated rings. The highest BCUT2D eigenvalue weighted by atomic mass is 16.2. The number of nitriles is 1. The Morgan fingerprint density at radius 2 is 2.05 bits per heavy atom. The highest BCUT2D eigenvalue weighted by molar-refractivity contribution is 5.59. The Balaban J connectivity index is 2.37. The van der Waals surface area contributed by atoms with Crippen LogP contribution < -0.4 is 5.69 Å². The molecule has 0 bridgehead atoms. The number of hydrogen-bond donors (Lipinski definition) is 0. The fourth-order valence-corrected chi connectivity index (χ4v) is 2.10. The van der Waals surface area contributed by atoms with Crippen LogP contribution in [-0.4, -0.2) is 19.2 Å². The molecule has 20 heavy (non-hydrogen) atoms. The van der Waals surface area contributed by atoms with E-state index in [-0.39, 0.29) is 12.2 Å². The van der Waals surface area contributed by atoms with Crippen molar-refractivity contribution in [3.05, 3.63) is 52.6 Å². The quantitative estimate of drug-likeness (QED) is 0.701. The van der Waals surface area contributed by atoms with E-state index in [1.54, 1.807) is 6.07 Å². The molecule has 3 aromatic rings. The molecule has 1 aromatic carbocycles. The lowest BCUT2D eigenvalue weighted by Gasteiger charge is -2.04. The topological polar surface area (TPSA) is 76.0 Å². The summed E-state index contributed by atoms with van der Waals surface area (Å²) in [5.74, 6) is 0.537. The second-order valence-corrected chi connectivity index (χ2v) is 4.38. The van der Waals surface area contributed by atoms with E-state index in [1.807, 2.05) is 43.3 Å². The summed E-state index contributed by atoms with van der Waals surface area (Å²) in [6, 6.07) is 13.1. The van der Waals surface area contributed by atoms with E-state index in [0.29, 0.717) is 11.5 Å². The Morgan fingerprint density at radius 3 is 2.75 bits per heavy atom. The summed E-state index contributed by atoms with van der Waals surface area (Å²) in [6.45, 7) is 1.77. The lowest BCUT2D eigenvalue weighted by atomic mass is 10.2. The van der Waals surface area contributed by atoms with Gasteiger partial charge >= 0.3 is 5.69 Å². The number of nitrogens with zero attached hydrogens (tertiary/aromatic N) is 5. The molecule has 0 amide bonds. The monoisotopic (exact) mass is 265 g/mol. The van der Waals surface area contributed by atoms with Crippen molar-refractivity contribution in [1.82, 2.24) is 19.2 Å². The number of fused-ring (bicyclic) bond motifs is 1. The van der Waals surface area contributed by atoms with Crippen LogP contribution in [0.3, 0.4) is 0 Å². The van der Waals surface area contributed by atoms with Gasteiger partial charge in [0.15, 0.2) is 5.65 Å². The molecule has 6 nitrogen and oxygen atoms in total. The van der Waals surface area contributed by atoms with E-state index in [2.05, 4.69) is 10.1 Å². The fourth-order valence-electron chi connectivity index (χ4n) is 2.10. The van der Waals surface area contributed by atoms with Crippen LogP contribution in [0.15, 0.2) is 41.2 Å². The van der Waals surface area contributed by atoms with Crippen molar-refractivity contribution in [1.29, 1.82) is 5.26 Å². The van der Waals surface area contributed by atoms with E-state index in [1.165, 1.54) is 4.40 Å². The van der Waals surface area contributed by atoms with Gasteiger partial charge in [0.2, 0.25) is 0 Å². The molecule has 0 N–H and O–H groups in total. The molecule has 3 rings (SSSR count). The van der Waals surface area contributed by atoms with Crippen molar-refractivity contribution >= 4 is 5.65 Å². The lowest BCUT2D eigenvalue weighted by Crippen LogP contribution is -2.22. The van der Waals surface area contributed by atoms with Crippen LogP contribution in [0, 0.1) is 18.3 Å². The van der Waals surface area contributed by atoms with Gasteiger partial charge in [0.1, 0.15) is 12.4 Å². The van der Waals surface area contributed by atoms with Crippen molar-refractivity contribution in [2.75, 3.05) is 0 Å². The molecule has 2 aromatic heterocycles. The average molecular weight is 265 g/mol. The molecule has 0 aliphatic heterocycles. The molecule has 98 valence electrons. The molecule has 0 spiro atoms. The van der Waals surface area contributed by atoms with Gasteiger partial charge in [-0.1, -0.05) is 30.3 Å². The van der Waals surface area contributed by atoms with Crippen LogP contribution >= 0.6 is 0 Å². The first-order chi connectivity index (χ1) is 9.70. The molecule has 0 radical (unpaired) electrons. The zero-order chi connectivity index (χ0) is 14.1. The summed E-state index contributed by atoms with van der Waals surface area (Å²) in [6.07, 6.45) is 0. The van der Waals surface area contributed by atoms with Gasteiger partial charge in [-0.05, 0) is 6.92 Å². The third-order valence-corrected chi connectivity index (χ3v) is 2.95. The minimum absolute atomic E-state index is 0.0756. The largest absolute Gasteiger partial charge is 0.353 e. The Hall–Kier alpha value is -2.94. The number of benzene rings is 1. The van der Waals surface area contributed by atoms with Gasteiger partial charge in [-0.2, -0.15) is 9.94 Å². The van der Waals surface area contributed by atoms with Crippen LogP contribution in [0.5, 0.6) is 0 Å². The number of rotatable bonds is 2. The summed E-state index contributed by atoms with van der Waals surface area (Å²) in [5, 5.41) is 12.9. The highest BCUT2D eigenvalue weighted by Crippen LogP contribution is 2.17. The molecule has 0 aliphatic carbocycles. The number of hydrogen-bond acceptors (Lipinski definition) is 4. The maximum Gasteiger partial charge on any atom is 0.353 e. The predicted molar refractivity (Wildman–Crippen MR) is 73.0 cm³/mol. The minimum Gasteiger partial charge on any atom is -0.245 e. The Kier molecular flexibility index (Phi) is 2.80. The minimum atomic E-state index is -0.354. The average Bonchev–Trinajstić information content (AvgIpc) is 2.76. The van der Waals surface area contributed by atoms with Gasteiger partial charge in [-0.25, -0.2) is 14.2 Å². The first-order valence-electron chi connectivity index (χ1n) is 6.10. The summed E-state index contributed by atoms with van der Waals surface area (Å²) in [5.41, 5.74) is 1.75. The molecule has 6 heteroatoms. The van der Waals surface area contributed by atoms with Crippen molar-refractivity contribution in [3.63, 3.8) is 0 Å². The zero-order valence-corrected chi connectivity index (χ0v) is 10.8. The maximum absolute atomic E-state index is 12.3. The zero-order valence-electron chi connectivity index (χ0n) is 10.8. The van der Waals surface area contributed by atoms with Crippen molar-refractivity contribution in [2.45, 2.75) is 13.5 Å². The van der Waals surface area contributed by atoms with Crippen molar-refractivity contribution in [3.8, 4) is 17.5 Å². The highest BCUT2D eigenvalue weighted by Gasteiger charge is 2.13. The van der Waals surface area contributed by atoms with Crippen LogP contribution in [0.25, 0.3) is 17.0 Å². The van der Waals surface area contributed by atoms with Gasteiger partial charge in [-0.15, -0.1) is 5.10 Å². The number of aromatic nitrogens is 4. The molecular weight excluding hydrogens is 254 g/mol. The molecule has 2 heterocycles. The third kappa shape index (κ3) is 1.86. The van der Waals surface area contributed by atoms with E-state index in [4.69, 9.17) is 5.26 Å². The Morgan fingerprint density at radius 1 is 1.30 bits per heavy atom. The normalized spacial score (nSPS) is 10.6. The van der Waals surface area contributed by atoms with Crippen LogP contribution in [0.4, 0.5) is 0 Å². The fraction of sp³-hybridized carbons (Fsp3) is 0.143. The molecule has 0 aliphatic rings. The SMILES string of the molecule is Cc1cc2nn(CC#N)c(=O)n2c(-c2ccccc2)n1. The first-order valence-corrected chi connectivity index (χ1v) is 6.10. The van der Waals surface area contributed by atoms with E-state index in [0.717, 1.165) is 15.9 Å². The predicted octanol–water partition coefficient (Wildman–Crippen LogP) is 1.39. The smallest absolute Gasteiger partial charge is 0.245 e. The van der Waals surface area contributed by atoms with Gasteiger partial charge in [0, 0.05) is 17.3 Å². The maximum atomic E-state index is 12.3. The molecular formula is C14H11N5O. The van der Waals surface area contributed by atoms with Crippen LogP contribution in [-0.2, 0) is 6.54 Å². The second kappa shape index (κ2) is 4.63. The van der Waals surface area contributed by atoms with E-state index in [9.17, 15) is 4.79 Å². The summed E-state index contributed by atoms with van der Waals surface area (Å²) >= 11 is 0. The van der Waals surface area contributed by atoms with Gasteiger partial charge in [-0.3, -0.25) is 0 Å². The molecule has 0 atom stereocenters. The van der Waals surface area contributed by atoms with E-state index < -0.39 is 0 Å². The molecule has 0 saturated heterocycles. The second-order valence-electron chi connectivity index (χ2n) is 4.38. The first kappa shape index (κ1) is 12.1. The van der Waals surface area contributed by atoms with Gasteiger partial charge in [0.05, 0.1) is 6.07 Å². The number of aryl methyl sites for hydroxylation is 1. The van der Waals surface area contributed by atoms with Crippen molar-refractivity contribution in [2.24, 2.45) is 0 Å². The lowest BCUT2D eigenvalue weighted by molar-refractivity contribution is 0.679. The summed E-state index contributed by atoms with van der Waals surface area (Å²) in [4.78, 5) is 16.7. The summed E-state index contributed by atoms with van der Waals surface area (Å²) < 4.78 is 2.57. The molecule has 0 unspecified atom stereocenters. The van der Waals surface area contributed by atoms with E-state index >= 15 is 0 Å². The molecule has 0 saturated carbocycles. The standard InChI is InChI=1S/C14H11N5O/c1-10-9-12-17-18(8-7-15)14(20)19(12)13(16-10)11-5-3-2-4-6-11/h2-6,9H,8H2,1H3. The van der Waals surface area contributed by atoms with Gasteiger partial charge in [0.25, 0.3) is 0 Å². The van der Waals surface area contributed by atoms with Crippen LogP contribution in [0.1, 0.15) is 5.69 Å². The summed E-state index contributed by atoms with van der Waals surface area (Å²) in [7, 11) is 0. The Bertz CT molecular complexity index is 870. The Labute approximate surface area is 114 Å². The van der Waals surface area contributed by atoms with Crippen molar-refractivity contribution < 1.29 is 0 Å². The van der Waals surface area contributed by atoms with Gasteiger partial charge < -0.3 is 0 Å². The third-order valence-electron chi connectivity index (χ3n) is 2.95.